The molecule has 0 aliphatic carbocycles. The summed E-state index contributed by atoms with van der Waals surface area (Å²) in [6.45, 7) is 5.88. The number of benzene rings is 1. The summed E-state index contributed by atoms with van der Waals surface area (Å²) in [5.41, 5.74) is 2.80. The number of hydrogen-bond acceptors (Lipinski definition) is 4. The van der Waals surface area contributed by atoms with E-state index < -0.39 is 0 Å². The number of carbonyl (C=O) groups excluding carboxylic acids is 1. The van der Waals surface area contributed by atoms with Crippen LogP contribution in [0.4, 0.5) is 9.18 Å². The van der Waals surface area contributed by atoms with Gasteiger partial charge in [0.2, 0.25) is 0 Å². The van der Waals surface area contributed by atoms with Gasteiger partial charge in [-0.25, -0.2) is 9.18 Å². The predicted molar refractivity (Wildman–Crippen MR) is 93.5 cm³/mol. The van der Waals surface area contributed by atoms with Crippen molar-refractivity contribution < 1.29 is 13.9 Å². The van der Waals surface area contributed by atoms with Gasteiger partial charge in [0.1, 0.15) is 5.82 Å². The Morgan fingerprint density at radius 1 is 1.16 bits per heavy atom. The normalized spacial score (nSPS) is 15.2. The summed E-state index contributed by atoms with van der Waals surface area (Å²) in [5.74, 6) is -0.252. The molecule has 2 heterocycles. The lowest BCUT2D eigenvalue weighted by atomic mass is 10.1. The molecule has 0 atom stereocenters. The van der Waals surface area contributed by atoms with Crippen LogP contribution in [0.15, 0.2) is 42.7 Å². The predicted octanol–water partition coefficient (Wildman–Crippen LogP) is 3.16. The van der Waals surface area contributed by atoms with Crippen LogP contribution in [0.2, 0.25) is 0 Å². The quantitative estimate of drug-likeness (QED) is 0.855. The van der Waals surface area contributed by atoms with Gasteiger partial charge in [-0.05, 0) is 36.2 Å². The van der Waals surface area contributed by atoms with Crippen molar-refractivity contribution >= 4 is 6.09 Å². The molecule has 1 aromatic carbocycles. The lowest BCUT2D eigenvalue weighted by Gasteiger charge is -2.34. The second-order valence-electron chi connectivity index (χ2n) is 6.05. The number of nitrogens with zero attached hydrogens (tertiary/aromatic N) is 3. The van der Waals surface area contributed by atoms with Crippen molar-refractivity contribution in [3.05, 3.63) is 54.1 Å². The highest BCUT2D eigenvalue weighted by molar-refractivity contribution is 5.67. The average Bonchev–Trinajstić information content (AvgIpc) is 2.63. The van der Waals surface area contributed by atoms with Crippen molar-refractivity contribution in [2.24, 2.45) is 0 Å². The Kier molecular flexibility index (Phi) is 5.60. The van der Waals surface area contributed by atoms with Crippen molar-refractivity contribution in [2.75, 3.05) is 32.8 Å². The minimum Gasteiger partial charge on any atom is -0.450 e. The van der Waals surface area contributed by atoms with Crippen LogP contribution in [0, 0.1) is 5.82 Å². The first-order valence-electron chi connectivity index (χ1n) is 8.49. The van der Waals surface area contributed by atoms with E-state index in [9.17, 15) is 9.18 Å². The molecule has 1 aliphatic heterocycles. The van der Waals surface area contributed by atoms with Crippen LogP contribution in [-0.2, 0) is 11.3 Å². The molecule has 0 radical (unpaired) electrons. The summed E-state index contributed by atoms with van der Waals surface area (Å²) >= 11 is 0. The zero-order valence-electron chi connectivity index (χ0n) is 14.3. The second kappa shape index (κ2) is 8.07. The lowest BCUT2D eigenvalue weighted by Crippen LogP contribution is -2.48. The highest BCUT2D eigenvalue weighted by Crippen LogP contribution is 2.21. The van der Waals surface area contributed by atoms with Crippen molar-refractivity contribution in [3.8, 4) is 11.1 Å². The average molecular weight is 343 g/mol. The standard InChI is InChI=1S/C19H22FN3O2/c1-2-25-19(24)23-8-6-22(7-9-23)14-15-10-17(13-21-12-15)16-4-3-5-18(20)11-16/h3-5,10-13H,2,6-9,14H2,1H3. The third-order valence-electron chi connectivity index (χ3n) is 4.26. The molecule has 3 rings (SSSR count). The number of ether oxygens (including phenoxy) is 1. The number of amides is 1. The van der Waals surface area contributed by atoms with E-state index in [0.717, 1.165) is 36.3 Å². The summed E-state index contributed by atoms with van der Waals surface area (Å²) in [7, 11) is 0. The number of hydrogen-bond donors (Lipinski definition) is 0. The molecule has 1 amide bonds. The Bertz CT molecular complexity index is 730. The maximum absolute atomic E-state index is 13.4. The van der Waals surface area contributed by atoms with Gasteiger partial charge in [-0.1, -0.05) is 12.1 Å². The first-order valence-corrected chi connectivity index (χ1v) is 8.49. The van der Waals surface area contributed by atoms with Gasteiger partial charge in [0.15, 0.2) is 0 Å². The largest absolute Gasteiger partial charge is 0.450 e. The maximum atomic E-state index is 13.4. The molecule has 1 aliphatic rings. The number of piperazine rings is 1. The van der Waals surface area contributed by atoms with Crippen molar-refractivity contribution in [1.29, 1.82) is 0 Å². The minimum atomic E-state index is -0.252. The van der Waals surface area contributed by atoms with E-state index in [4.69, 9.17) is 4.74 Å². The SMILES string of the molecule is CCOC(=O)N1CCN(Cc2cncc(-c3cccc(F)c3)c2)CC1. The van der Waals surface area contributed by atoms with Gasteiger partial charge in [-0.3, -0.25) is 9.88 Å². The Morgan fingerprint density at radius 2 is 1.96 bits per heavy atom. The third-order valence-corrected chi connectivity index (χ3v) is 4.26. The van der Waals surface area contributed by atoms with Gasteiger partial charge in [-0.2, -0.15) is 0 Å². The first-order chi connectivity index (χ1) is 12.2. The summed E-state index contributed by atoms with van der Waals surface area (Å²) in [6.07, 6.45) is 3.34. The lowest BCUT2D eigenvalue weighted by molar-refractivity contribution is 0.0778. The summed E-state index contributed by atoms with van der Waals surface area (Å²) in [4.78, 5) is 20.0. The summed E-state index contributed by atoms with van der Waals surface area (Å²) in [6, 6.07) is 8.57. The van der Waals surface area contributed by atoms with E-state index in [2.05, 4.69) is 9.88 Å². The molecule has 0 spiro atoms. The fourth-order valence-electron chi connectivity index (χ4n) is 2.96. The Labute approximate surface area is 147 Å². The number of pyridine rings is 1. The van der Waals surface area contributed by atoms with Gasteiger partial charge in [0.05, 0.1) is 6.61 Å². The van der Waals surface area contributed by atoms with E-state index in [0.29, 0.717) is 19.7 Å². The maximum Gasteiger partial charge on any atom is 0.409 e. The Balaban J connectivity index is 1.61. The number of halogens is 1. The molecular weight excluding hydrogens is 321 g/mol. The molecule has 5 nitrogen and oxygen atoms in total. The number of carbonyl (C=O) groups is 1. The number of rotatable bonds is 4. The molecule has 1 saturated heterocycles. The topological polar surface area (TPSA) is 45.7 Å². The van der Waals surface area contributed by atoms with E-state index >= 15 is 0 Å². The molecule has 0 saturated carbocycles. The highest BCUT2D eigenvalue weighted by atomic mass is 19.1. The van der Waals surface area contributed by atoms with E-state index in [1.165, 1.54) is 12.1 Å². The minimum absolute atomic E-state index is 0.239. The molecule has 1 fully saturated rings. The fraction of sp³-hybridized carbons (Fsp3) is 0.368. The van der Waals surface area contributed by atoms with Crippen molar-refractivity contribution in [2.45, 2.75) is 13.5 Å². The van der Waals surface area contributed by atoms with Gasteiger partial charge < -0.3 is 9.64 Å². The zero-order valence-corrected chi connectivity index (χ0v) is 14.3. The van der Waals surface area contributed by atoms with Crippen molar-refractivity contribution in [1.82, 2.24) is 14.8 Å². The third kappa shape index (κ3) is 4.54. The van der Waals surface area contributed by atoms with Crippen LogP contribution in [0.5, 0.6) is 0 Å². The Hall–Kier alpha value is -2.47. The summed E-state index contributed by atoms with van der Waals surface area (Å²) in [5, 5.41) is 0. The van der Waals surface area contributed by atoms with E-state index in [1.807, 2.05) is 25.3 Å². The van der Waals surface area contributed by atoms with Crippen LogP contribution < -0.4 is 0 Å². The van der Waals surface area contributed by atoms with Crippen LogP contribution >= 0.6 is 0 Å². The molecular formula is C19H22FN3O2. The van der Waals surface area contributed by atoms with Gasteiger partial charge in [-0.15, -0.1) is 0 Å². The van der Waals surface area contributed by atoms with Crippen LogP contribution in [-0.4, -0.2) is 53.7 Å². The van der Waals surface area contributed by atoms with E-state index in [-0.39, 0.29) is 11.9 Å². The fourth-order valence-corrected chi connectivity index (χ4v) is 2.96. The Morgan fingerprint density at radius 3 is 2.68 bits per heavy atom. The molecule has 0 unspecified atom stereocenters. The molecule has 132 valence electrons. The summed E-state index contributed by atoms with van der Waals surface area (Å²) < 4.78 is 18.4. The zero-order chi connectivity index (χ0) is 17.6. The molecule has 6 heteroatoms. The van der Waals surface area contributed by atoms with Crippen LogP contribution in [0.25, 0.3) is 11.1 Å². The van der Waals surface area contributed by atoms with Crippen LogP contribution in [0.3, 0.4) is 0 Å². The van der Waals surface area contributed by atoms with Gasteiger partial charge in [0.25, 0.3) is 0 Å². The first kappa shape index (κ1) is 17.4. The monoisotopic (exact) mass is 343 g/mol. The van der Waals surface area contributed by atoms with Gasteiger partial charge >= 0.3 is 6.09 Å². The van der Waals surface area contributed by atoms with E-state index in [1.54, 1.807) is 17.2 Å². The molecule has 25 heavy (non-hydrogen) atoms. The smallest absolute Gasteiger partial charge is 0.409 e. The van der Waals surface area contributed by atoms with Gasteiger partial charge in [0, 0.05) is 50.7 Å². The van der Waals surface area contributed by atoms with Crippen LogP contribution in [0.1, 0.15) is 12.5 Å². The molecule has 2 aromatic rings. The number of aromatic nitrogens is 1. The molecule has 0 bridgehead atoms. The second-order valence-corrected chi connectivity index (χ2v) is 6.05. The highest BCUT2D eigenvalue weighted by Gasteiger charge is 2.21. The van der Waals surface area contributed by atoms with Crippen molar-refractivity contribution in [3.63, 3.8) is 0 Å². The molecule has 0 N–H and O–H groups in total. The molecule has 1 aromatic heterocycles.